The number of azo groups is 3. The number of fused-ring (bicyclic) bond motifs is 1. The maximum atomic E-state index is 11.9. The second-order valence-corrected chi connectivity index (χ2v) is 10.9. The first-order valence-electron chi connectivity index (χ1n) is 12.9. The Hall–Kier alpha value is -5.86. The van der Waals surface area contributed by atoms with E-state index in [0.717, 1.165) is 5.56 Å². The van der Waals surface area contributed by atoms with E-state index in [2.05, 4.69) is 30.7 Å². The first-order valence-corrected chi connectivity index (χ1v) is 14.3. The summed E-state index contributed by atoms with van der Waals surface area (Å²) < 4.78 is 33.4. The third kappa shape index (κ3) is 6.78. The predicted octanol–water partition coefficient (Wildman–Crippen LogP) is 8.50. The molecule has 0 spiro atoms. The molecule has 0 heterocycles. The van der Waals surface area contributed by atoms with Gasteiger partial charge in [-0.2, -0.15) is 23.8 Å². The normalized spacial score (nSPS) is 12.1. The summed E-state index contributed by atoms with van der Waals surface area (Å²) in [4.78, 5) is 10.7. The van der Waals surface area contributed by atoms with E-state index in [-0.39, 0.29) is 10.5 Å². The number of carboxylic acid groups (broad SMARTS) is 1. The smallest absolute Gasteiger partial charge is 0.335 e. The Morgan fingerprint density at radius 2 is 1.20 bits per heavy atom. The molecule has 6 N–H and O–H groups in total. The molecule has 0 saturated carbocycles. The molecule has 0 unspecified atom stereocenters. The fraction of sp³-hybridized carbons (Fsp3) is 0.0333. The maximum Gasteiger partial charge on any atom is 0.335 e. The minimum Gasteiger partial charge on any atom is -0.478 e. The Kier molecular flexibility index (Phi) is 8.19. The van der Waals surface area contributed by atoms with Crippen molar-refractivity contribution >= 4 is 72.4 Å². The molecule has 0 amide bonds. The van der Waals surface area contributed by atoms with Crippen molar-refractivity contribution in [3.8, 4) is 0 Å². The van der Waals surface area contributed by atoms with Crippen LogP contribution >= 0.6 is 0 Å². The molecule has 0 saturated heterocycles. The van der Waals surface area contributed by atoms with Gasteiger partial charge in [-0.15, -0.1) is 15.3 Å². The zero-order valence-corrected chi connectivity index (χ0v) is 23.8. The molecule has 0 aliphatic carbocycles. The van der Waals surface area contributed by atoms with Gasteiger partial charge < -0.3 is 16.6 Å². The molecule has 44 heavy (non-hydrogen) atoms. The number of hydrogen-bond donors (Lipinski definition) is 4. The van der Waals surface area contributed by atoms with Crippen LogP contribution < -0.4 is 11.5 Å². The SMILES string of the molecule is Cc1cc(N=Nc2ccc(N=Nc3ccc(N)cc3N)c3ccc(S(=O)(=O)O)cc23)ccc1N=Nc1ccc(C(=O)O)cc1. The molecule has 14 heteroatoms. The number of benzene rings is 5. The Morgan fingerprint density at radius 1 is 0.636 bits per heavy atom. The van der Waals surface area contributed by atoms with Crippen molar-refractivity contribution in [1.29, 1.82) is 0 Å². The molecule has 0 aliphatic rings. The zero-order valence-electron chi connectivity index (χ0n) is 23.0. The van der Waals surface area contributed by atoms with Gasteiger partial charge in [-0.25, -0.2) is 4.79 Å². The van der Waals surface area contributed by atoms with Crippen molar-refractivity contribution < 1.29 is 22.9 Å². The summed E-state index contributed by atoms with van der Waals surface area (Å²) in [5, 5.41) is 35.4. The van der Waals surface area contributed by atoms with E-state index in [1.807, 2.05) is 6.92 Å². The summed E-state index contributed by atoms with van der Waals surface area (Å²) in [5.41, 5.74) is 16.1. The van der Waals surface area contributed by atoms with Crippen LogP contribution in [-0.4, -0.2) is 24.0 Å². The van der Waals surface area contributed by atoms with Crippen LogP contribution in [0, 0.1) is 6.92 Å². The summed E-state index contributed by atoms with van der Waals surface area (Å²) in [6.45, 7) is 1.82. The molecular formula is C30H24N8O5S. The lowest BCUT2D eigenvalue weighted by Crippen LogP contribution is -1.97. The minimum absolute atomic E-state index is 0.152. The summed E-state index contributed by atoms with van der Waals surface area (Å²) in [7, 11) is -4.50. The van der Waals surface area contributed by atoms with Gasteiger partial charge in [-0.05, 0) is 97.4 Å². The standard InChI is InChI=1S/C30H24N8O5S/c1-17-14-21(7-11-26(17)35-33-20-5-2-18(3-6-20)30(39)40)34-36-28-13-12-27(37-38-29-10-4-19(31)15-25(29)32)23-9-8-22(16-24(23)28)44(41,42)43/h2-16H,31-32H2,1H3,(H,39,40)(H,41,42,43). The van der Waals surface area contributed by atoms with Gasteiger partial charge in [0.15, 0.2) is 0 Å². The second-order valence-electron chi connectivity index (χ2n) is 9.53. The van der Waals surface area contributed by atoms with Gasteiger partial charge in [0, 0.05) is 16.5 Å². The van der Waals surface area contributed by atoms with Crippen molar-refractivity contribution in [2.45, 2.75) is 11.8 Å². The van der Waals surface area contributed by atoms with Crippen LogP contribution in [0.2, 0.25) is 0 Å². The summed E-state index contributed by atoms with van der Waals surface area (Å²) in [6.07, 6.45) is 0. The van der Waals surface area contributed by atoms with E-state index < -0.39 is 16.1 Å². The molecule has 5 aromatic carbocycles. The highest BCUT2D eigenvalue weighted by atomic mass is 32.2. The predicted molar refractivity (Wildman–Crippen MR) is 166 cm³/mol. The third-order valence-electron chi connectivity index (χ3n) is 6.40. The fourth-order valence-electron chi connectivity index (χ4n) is 4.11. The number of rotatable bonds is 8. The van der Waals surface area contributed by atoms with E-state index in [1.165, 1.54) is 30.3 Å². The van der Waals surface area contributed by atoms with E-state index in [9.17, 15) is 17.8 Å². The number of aryl methyl sites for hydroxylation is 1. The third-order valence-corrected chi connectivity index (χ3v) is 7.25. The molecule has 13 nitrogen and oxygen atoms in total. The minimum atomic E-state index is -4.50. The van der Waals surface area contributed by atoms with Gasteiger partial charge in [-0.1, -0.05) is 6.07 Å². The van der Waals surface area contributed by atoms with Crippen molar-refractivity contribution in [3.63, 3.8) is 0 Å². The number of hydrogen-bond acceptors (Lipinski definition) is 11. The van der Waals surface area contributed by atoms with E-state index in [4.69, 9.17) is 16.6 Å². The highest BCUT2D eigenvalue weighted by Crippen LogP contribution is 2.37. The van der Waals surface area contributed by atoms with Crippen LogP contribution in [0.3, 0.4) is 0 Å². The second kappa shape index (κ2) is 12.2. The first kappa shape index (κ1) is 29.6. The molecule has 0 aliphatic heterocycles. The van der Waals surface area contributed by atoms with Crippen molar-refractivity contribution in [2.24, 2.45) is 30.7 Å². The van der Waals surface area contributed by atoms with E-state index in [1.54, 1.807) is 60.7 Å². The molecule has 220 valence electrons. The maximum absolute atomic E-state index is 11.9. The van der Waals surface area contributed by atoms with E-state index >= 15 is 0 Å². The molecule has 5 rings (SSSR count). The number of carboxylic acids is 1. The summed E-state index contributed by atoms with van der Waals surface area (Å²) >= 11 is 0. The molecule has 0 aromatic heterocycles. The lowest BCUT2D eigenvalue weighted by molar-refractivity contribution is 0.0697. The van der Waals surface area contributed by atoms with Crippen LogP contribution in [-0.2, 0) is 10.1 Å². The highest BCUT2D eigenvalue weighted by Gasteiger charge is 2.14. The lowest BCUT2D eigenvalue weighted by atomic mass is 10.1. The molecule has 0 atom stereocenters. The van der Waals surface area contributed by atoms with Gasteiger partial charge in [0.25, 0.3) is 10.1 Å². The summed E-state index contributed by atoms with van der Waals surface area (Å²) in [5.74, 6) is -1.03. The Balaban J connectivity index is 1.45. The number of anilines is 2. The van der Waals surface area contributed by atoms with Crippen LogP contribution in [0.5, 0.6) is 0 Å². The van der Waals surface area contributed by atoms with Gasteiger partial charge in [-0.3, -0.25) is 4.55 Å². The monoisotopic (exact) mass is 608 g/mol. The van der Waals surface area contributed by atoms with Crippen LogP contribution in [0.25, 0.3) is 10.8 Å². The average Bonchev–Trinajstić information content (AvgIpc) is 2.99. The van der Waals surface area contributed by atoms with Crippen molar-refractivity contribution in [3.05, 3.63) is 102 Å². The largest absolute Gasteiger partial charge is 0.478 e. The highest BCUT2D eigenvalue weighted by molar-refractivity contribution is 7.85. The van der Waals surface area contributed by atoms with Crippen molar-refractivity contribution in [2.75, 3.05) is 11.5 Å². The fourth-order valence-corrected chi connectivity index (χ4v) is 4.62. The molecular weight excluding hydrogens is 584 g/mol. The quantitative estimate of drug-likeness (QED) is 0.0763. The zero-order chi connectivity index (χ0) is 31.4. The van der Waals surface area contributed by atoms with Gasteiger partial charge >= 0.3 is 5.97 Å². The van der Waals surface area contributed by atoms with Crippen LogP contribution in [0.15, 0.2) is 127 Å². The first-order chi connectivity index (χ1) is 21.0. The van der Waals surface area contributed by atoms with Gasteiger partial charge in [0.2, 0.25) is 0 Å². The molecule has 5 aromatic rings. The van der Waals surface area contributed by atoms with E-state index in [0.29, 0.717) is 56.3 Å². The topological polar surface area (TPSA) is 218 Å². The number of nitrogens with zero attached hydrogens (tertiary/aromatic N) is 6. The molecule has 0 fully saturated rings. The van der Waals surface area contributed by atoms with Crippen LogP contribution in [0.1, 0.15) is 15.9 Å². The van der Waals surface area contributed by atoms with Crippen LogP contribution in [0.4, 0.5) is 45.5 Å². The Bertz CT molecular complexity index is 2110. The number of nitrogens with two attached hydrogens (primary N) is 2. The Labute approximate surface area is 251 Å². The molecule has 0 radical (unpaired) electrons. The van der Waals surface area contributed by atoms with Crippen molar-refractivity contribution in [1.82, 2.24) is 0 Å². The van der Waals surface area contributed by atoms with Gasteiger partial charge in [0.1, 0.15) is 5.69 Å². The molecule has 0 bridgehead atoms. The number of aromatic carboxylic acids is 1. The number of carbonyl (C=O) groups is 1. The lowest BCUT2D eigenvalue weighted by Gasteiger charge is -2.07. The summed E-state index contributed by atoms with van der Waals surface area (Å²) in [6, 6.07) is 23.3. The number of nitrogen functional groups attached to an aromatic ring is 2. The average molecular weight is 609 g/mol. The Morgan fingerprint density at radius 3 is 1.86 bits per heavy atom. The van der Waals surface area contributed by atoms with Gasteiger partial charge in [0.05, 0.1) is 44.6 Å².